The van der Waals surface area contributed by atoms with Gasteiger partial charge in [-0.05, 0) is 91.5 Å². The average molecular weight is 819 g/mol. The third kappa shape index (κ3) is 6.00. The molecule has 2 aromatic heterocycles. The Hall–Kier alpha value is -7.98. The standard InChI is InChI=1S/C60H42N2Si/c1-6-20-43(21-7-1)45-38-46(44-22-8-2-9-23-44)40-48(39-45)62-58-33-19-17-30-53(58)55-36-34-47(41-59(55)62)61-57-32-18-16-31-54(57)56-37-35-52(42-60(56)61)63(49-24-10-3-11-25-49,50-26-12-4-13-27-50)51-28-14-5-15-29-51/h1-42H. The summed E-state index contributed by atoms with van der Waals surface area (Å²) >= 11 is 0. The largest absolute Gasteiger partial charge is 0.309 e. The molecule has 0 fully saturated rings. The van der Waals surface area contributed by atoms with Gasteiger partial charge in [0.2, 0.25) is 0 Å². The molecular formula is C60H42N2Si. The van der Waals surface area contributed by atoms with E-state index in [2.05, 4.69) is 264 Å². The van der Waals surface area contributed by atoms with Gasteiger partial charge in [-0.2, -0.15) is 0 Å². The van der Waals surface area contributed by atoms with Crippen LogP contribution in [-0.2, 0) is 0 Å². The Balaban J connectivity index is 1.14. The van der Waals surface area contributed by atoms with E-state index in [0.717, 1.165) is 11.4 Å². The van der Waals surface area contributed by atoms with E-state index in [-0.39, 0.29) is 0 Å². The minimum absolute atomic E-state index is 1.13. The lowest BCUT2D eigenvalue weighted by Gasteiger charge is -2.34. The first kappa shape index (κ1) is 36.8. The highest BCUT2D eigenvalue weighted by molar-refractivity contribution is 7.20. The lowest BCUT2D eigenvalue weighted by molar-refractivity contribution is 1.16. The number of fused-ring (bicyclic) bond motifs is 6. The zero-order valence-electron chi connectivity index (χ0n) is 34.6. The smallest absolute Gasteiger partial charge is 0.179 e. The van der Waals surface area contributed by atoms with Crippen molar-refractivity contribution in [1.82, 2.24) is 9.13 Å². The Bertz CT molecular complexity index is 3440. The summed E-state index contributed by atoms with van der Waals surface area (Å²) in [6.45, 7) is 0. The predicted molar refractivity (Wildman–Crippen MR) is 270 cm³/mol. The summed E-state index contributed by atoms with van der Waals surface area (Å²) in [5.74, 6) is 0. The minimum Gasteiger partial charge on any atom is -0.309 e. The first-order chi connectivity index (χ1) is 31.3. The lowest BCUT2D eigenvalue weighted by Crippen LogP contribution is -2.74. The molecule has 0 unspecified atom stereocenters. The van der Waals surface area contributed by atoms with E-state index >= 15 is 0 Å². The van der Waals surface area contributed by atoms with Crippen molar-refractivity contribution in [3.8, 4) is 33.6 Å². The molecule has 0 aliphatic heterocycles. The monoisotopic (exact) mass is 818 g/mol. The maximum absolute atomic E-state index is 2.79. The van der Waals surface area contributed by atoms with Crippen LogP contribution in [-0.4, -0.2) is 17.2 Å². The SMILES string of the molecule is c1ccc(-c2cc(-c3ccccc3)cc(-n3c4ccccc4c4ccc(-n5c6ccccc6c6ccc([Si](c7ccccc7)(c7ccccc7)c7ccccc7)cc65)cc43)c2)cc1. The molecule has 0 aliphatic rings. The molecule has 12 aromatic rings. The first-order valence-electron chi connectivity index (χ1n) is 21.8. The molecule has 2 heterocycles. The van der Waals surface area contributed by atoms with E-state index in [9.17, 15) is 0 Å². The summed E-state index contributed by atoms with van der Waals surface area (Å²) in [5.41, 5.74) is 11.8. The molecule has 0 N–H and O–H groups in total. The second-order valence-corrected chi connectivity index (χ2v) is 20.3. The number of nitrogens with zero attached hydrogens (tertiary/aromatic N) is 2. The van der Waals surface area contributed by atoms with Gasteiger partial charge in [0.15, 0.2) is 8.07 Å². The molecule has 296 valence electrons. The number of benzene rings is 10. The molecule has 0 amide bonds. The normalized spacial score (nSPS) is 11.8. The van der Waals surface area contributed by atoms with Crippen molar-refractivity contribution >= 4 is 72.4 Å². The Morgan fingerprint density at radius 1 is 0.222 bits per heavy atom. The molecule has 0 aliphatic carbocycles. The molecule has 0 bridgehead atoms. The van der Waals surface area contributed by atoms with Crippen LogP contribution < -0.4 is 20.7 Å². The van der Waals surface area contributed by atoms with Gasteiger partial charge < -0.3 is 9.13 Å². The number of hydrogen-bond donors (Lipinski definition) is 0. The van der Waals surface area contributed by atoms with Gasteiger partial charge >= 0.3 is 0 Å². The van der Waals surface area contributed by atoms with E-state index in [0.29, 0.717) is 0 Å². The van der Waals surface area contributed by atoms with Crippen molar-refractivity contribution < 1.29 is 0 Å². The third-order valence-electron chi connectivity index (χ3n) is 13.0. The minimum atomic E-state index is -2.79. The second kappa shape index (κ2) is 15.2. The van der Waals surface area contributed by atoms with Crippen LogP contribution in [0.15, 0.2) is 255 Å². The summed E-state index contributed by atoms with van der Waals surface area (Å²) in [4.78, 5) is 0. The summed E-state index contributed by atoms with van der Waals surface area (Å²) in [5, 5.41) is 10.4. The van der Waals surface area contributed by atoms with Gasteiger partial charge in [0.05, 0.1) is 22.1 Å². The van der Waals surface area contributed by atoms with Crippen molar-refractivity contribution in [2.75, 3.05) is 0 Å². The fourth-order valence-electron chi connectivity index (χ4n) is 10.3. The predicted octanol–water partition coefficient (Wildman–Crippen LogP) is 12.6. The summed E-state index contributed by atoms with van der Waals surface area (Å²) in [7, 11) is -2.79. The van der Waals surface area contributed by atoms with Gasteiger partial charge in [0.25, 0.3) is 0 Å². The summed E-state index contributed by atoms with van der Waals surface area (Å²) in [6.07, 6.45) is 0. The van der Waals surface area contributed by atoms with E-state index in [4.69, 9.17) is 0 Å². The second-order valence-electron chi connectivity index (χ2n) is 16.5. The zero-order valence-corrected chi connectivity index (χ0v) is 35.6. The number of aromatic nitrogens is 2. The quantitative estimate of drug-likeness (QED) is 0.107. The van der Waals surface area contributed by atoms with Gasteiger partial charge in [-0.25, -0.2) is 0 Å². The van der Waals surface area contributed by atoms with Gasteiger partial charge in [-0.3, -0.25) is 0 Å². The Kier molecular flexibility index (Phi) is 8.87. The zero-order chi connectivity index (χ0) is 41.7. The molecule has 63 heavy (non-hydrogen) atoms. The molecule has 0 spiro atoms. The molecule has 0 saturated heterocycles. The van der Waals surface area contributed by atoms with Crippen LogP contribution in [0.2, 0.25) is 0 Å². The highest BCUT2D eigenvalue weighted by atomic mass is 28.3. The van der Waals surface area contributed by atoms with Gasteiger partial charge in [0, 0.05) is 32.9 Å². The molecule has 0 saturated carbocycles. The van der Waals surface area contributed by atoms with Crippen molar-refractivity contribution in [1.29, 1.82) is 0 Å². The molecular weight excluding hydrogens is 777 g/mol. The van der Waals surface area contributed by atoms with E-state index in [1.54, 1.807) is 0 Å². The highest BCUT2D eigenvalue weighted by Crippen LogP contribution is 2.39. The van der Waals surface area contributed by atoms with Crippen LogP contribution in [0.25, 0.3) is 77.2 Å². The Morgan fingerprint density at radius 2 is 0.603 bits per heavy atom. The summed E-state index contributed by atoms with van der Waals surface area (Å²) in [6, 6.07) is 94.3. The van der Waals surface area contributed by atoms with Gasteiger partial charge in [-0.1, -0.05) is 206 Å². The molecule has 12 rings (SSSR count). The molecule has 0 radical (unpaired) electrons. The Morgan fingerprint density at radius 3 is 1.10 bits per heavy atom. The fraction of sp³-hybridized carbons (Fsp3) is 0. The fourth-order valence-corrected chi connectivity index (χ4v) is 15.0. The van der Waals surface area contributed by atoms with Gasteiger partial charge in [0.1, 0.15) is 0 Å². The van der Waals surface area contributed by atoms with E-state index in [1.165, 1.54) is 86.6 Å². The lowest BCUT2D eigenvalue weighted by atomic mass is 9.98. The average Bonchev–Trinajstić information content (AvgIpc) is 3.88. The van der Waals surface area contributed by atoms with Crippen LogP contribution in [0.4, 0.5) is 0 Å². The molecule has 2 nitrogen and oxygen atoms in total. The third-order valence-corrected chi connectivity index (χ3v) is 17.8. The first-order valence-corrected chi connectivity index (χ1v) is 23.8. The maximum atomic E-state index is 2.52. The van der Waals surface area contributed by atoms with Crippen molar-refractivity contribution in [3.63, 3.8) is 0 Å². The van der Waals surface area contributed by atoms with Crippen LogP contribution in [0.5, 0.6) is 0 Å². The Labute approximate surface area is 368 Å². The van der Waals surface area contributed by atoms with Crippen LogP contribution in [0.3, 0.4) is 0 Å². The van der Waals surface area contributed by atoms with Crippen molar-refractivity contribution in [2.24, 2.45) is 0 Å². The number of hydrogen-bond acceptors (Lipinski definition) is 0. The van der Waals surface area contributed by atoms with Crippen LogP contribution >= 0.6 is 0 Å². The number of para-hydroxylation sites is 2. The molecule has 3 heteroatoms. The van der Waals surface area contributed by atoms with Crippen molar-refractivity contribution in [3.05, 3.63) is 255 Å². The molecule has 10 aromatic carbocycles. The van der Waals surface area contributed by atoms with Crippen molar-refractivity contribution in [2.45, 2.75) is 0 Å². The highest BCUT2D eigenvalue weighted by Gasteiger charge is 2.41. The molecule has 0 atom stereocenters. The maximum Gasteiger partial charge on any atom is 0.179 e. The topological polar surface area (TPSA) is 9.86 Å². The summed E-state index contributed by atoms with van der Waals surface area (Å²) < 4.78 is 4.98. The van der Waals surface area contributed by atoms with E-state index < -0.39 is 8.07 Å². The van der Waals surface area contributed by atoms with Crippen LogP contribution in [0, 0.1) is 0 Å². The van der Waals surface area contributed by atoms with Crippen LogP contribution in [0.1, 0.15) is 0 Å². The van der Waals surface area contributed by atoms with E-state index in [1.807, 2.05) is 0 Å². The van der Waals surface area contributed by atoms with Gasteiger partial charge in [-0.15, -0.1) is 0 Å². The number of rotatable bonds is 8.